The topological polar surface area (TPSA) is 63.7 Å². The van der Waals surface area contributed by atoms with Crippen molar-refractivity contribution >= 4 is 34.1 Å². The number of allylic oxidation sites excluding steroid dienone is 1. The zero-order valence-electron chi connectivity index (χ0n) is 12.5. The summed E-state index contributed by atoms with van der Waals surface area (Å²) in [4.78, 5) is 12.1. The molecule has 0 aromatic heterocycles. The van der Waals surface area contributed by atoms with E-state index in [0.717, 1.165) is 22.9 Å². The van der Waals surface area contributed by atoms with Crippen LogP contribution in [0.5, 0.6) is 0 Å². The van der Waals surface area contributed by atoms with Crippen LogP contribution in [0.4, 0.5) is 10.1 Å². The fourth-order valence-electron chi connectivity index (χ4n) is 2.58. The first kappa shape index (κ1) is 17.7. The number of thiol groups is 1. The highest BCUT2D eigenvalue weighted by molar-refractivity contribution is 7.74. The molecule has 8 heteroatoms. The lowest BCUT2D eigenvalue weighted by molar-refractivity contribution is -0.138. The molecule has 1 aliphatic carbocycles. The number of carbonyl (C=O) groups excluding carboxylic acids is 1. The van der Waals surface area contributed by atoms with Gasteiger partial charge < -0.3 is 4.74 Å². The van der Waals surface area contributed by atoms with Gasteiger partial charge in [0.25, 0.3) is 0 Å². The van der Waals surface area contributed by atoms with Crippen LogP contribution in [0.2, 0.25) is 5.02 Å². The van der Waals surface area contributed by atoms with E-state index >= 15 is 0 Å². The standard InChI is InChI=1S/C15H17ClFNO4S/c1-2-22-15(19)11-5-3-4-6-13(11)18(23(20)21)14-8-7-10(17)9-12(14)16/h5,7-9,13,23H,2-4,6H2,1H3. The van der Waals surface area contributed by atoms with Gasteiger partial charge in [-0.1, -0.05) is 17.7 Å². The molecular formula is C15H17ClFNO4S. The molecule has 0 saturated carbocycles. The number of hydrogen-bond acceptors (Lipinski definition) is 4. The normalized spacial score (nSPS) is 17.7. The van der Waals surface area contributed by atoms with E-state index in [1.165, 1.54) is 6.07 Å². The number of ether oxygens (including phenoxy) is 1. The van der Waals surface area contributed by atoms with Crippen LogP contribution in [-0.2, 0) is 20.4 Å². The summed E-state index contributed by atoms with van der Waals surface area (Å²) < 4.78 is 42.9. The van der Waals surface area contributed by atoms with Crippen LogP contribution in [0.25, 0.3) is 0 Å². The molecule has 1 aromatic rings. The second kappa shape index (κ2) is 7.79. The molecule has 0 radical (unpaired) electrons. The summed E-state index contributed by atoms with van der Waals surface area (Å²) in [5.74, 6) is -1.11. The Balaban J connectivity index is 2.45. The number of hydrogen-bond donors (Lipinski definition) is 1. The molecule has 2 rings (SSSR count). The van der Waals surface area contributed by atoms with Gasteiger partial charge in [0.1, 0.15) is 5.82 Å². The van der Waals surface area contributed by atoms with E-state index in [1.54, 1.807) is 13.0 Å². The van der Waals surface area contributed by atoms with Crippen LogP contribution in [0.15, 0.2) is 29.8 Å². The second-order valence-electron chi connectivity index (χ2n) is 5.00. The van der Waals surface area contributed by atoms with Crippen LogP contribution < -0.4 is 4.31 Å². The summed E-state index contributed by atoms with van der Waals surface area (Å²) in [6, 6.07) is 2.76. The lowest BCUT2D eigenvalue weighted by Crippen LogP contribution is -2.40. The number of rotatable bonds is 5. The number of nitrogens with zero attached hydrogens (tertiary/aromatic N) is 1. The smallest absolute Gasteiger partial charge is 0.335 e. The lowest BCUT2D eigenvalue weighted by atomic mass is 9.93. The SMILES string of the molecule is CCOC(=O)C1=CCCCC1N(c1ccc(F)cc1Cl)[SH](=O)=O. The van der Waals surface area contributed by atoms with E-state index in [4.69, 9.17) is 16.3 Å². The second-order valence-corrected chi connectivity index (χ2v) is 6.32. The average molecular weight is 362 g/mol. The van der Waals surface area contributed by atoms with Gasteiger partial charge in [-0.3, -0.25) is 4.31 Å². The van der Waals surface area contributed by atoms with E-state index < -0.39 is 28.7 Å². The van der Waals surface area contributed by atoms with Crippen molar-refractivity contribution in [3.63, 3.8) is 0 Å². The highest BCUT2D eigenvalue weighted by atomic mass is 35.5. The molecule has 0 heterocycles. The Kier molecular flexibility index (Phi) is 6.01. The maximum absolute atomic E-state index is 13.2. The molecule has 1 atom stereocenters. The summed E-state index contributed by atoms with van der Waals surface area (Å²) in [7, 11) is -3.07. The van der Waals surface area contributed by atoms with Gasteiger partial charge in [0.2, 0.25) is 10.9 Å². The molecule has 23 heavy (non-hydrogen) atoms. The molecule has 1 unspecified atom stereocenters. The van der Waals surface area contributed by atoms with E-state index in [1.807, 2.05) is 0 Å². The number of esters is 1. The zero-order chi connectivity index (χ0) is 17.0. The minimum absolute atomic E-state index is 0.0296. The van der Waals surface area contributed by atoms with Gasteiger partial charge in [-0.2, -0.15) is 0 Å². The Labute approximate surface area is 140 Å². The molecule has 0 saturated heterocycles. The van der Waals surface area contributed by atoms with Crippen molar-refractivity contribution in [1.29, 1.82) is 0 Å². The molecule has 5 nitrogen and oxygen atoms in total. The lowest BCUT2D eigenvalue weighted by Gasteiger charge is -2.32. The molecule has 0 spiro atoms. The summed E-state index contributed by atoms with van der Waals surface area (Å²) in [5, 5.41) is -0.0296. The van der Waals surface area contributed by atoms with Crippen LogP contribution in [0.3, 0.4) is 0 Å². The first-order valence-electron chi connectivity index (χ1n) is 7.21. The molecule has 1 aromatic carbocycles. The van der Waals surface area contributed by atoms with Crippen molar-refractivity contribution in [2.75, 3.05) is 10.9 Å². The molecule has 1 aliphatic rings. The maximum Gasteiger partial charge on any atom is 0.335 e. The first-order chi connectivity index (χ1) is 11.0. The van der Waals surface area contributed by atoms with Gasteiger partial charge >= 0.3 is 5.97 Å². The average Bonchev–Trinajstić information content (AvgIpc) is 2.50. The number of carbonyl (C=O) groups is 1. The van der Waals surface area contributed by atoms with Crippen molar-refractivity contribution in [2.45, 2.75) is 32.2 Å². The number of anilines is 1. The van der Waals surface area contributed by atoms with Crippen molar-refractivity contribution in [2.24, 2.45) is 0 Å². The van der Waals surface area contributed by atoms with Crippen LogP contribution in [0.1, 0.15) is 26.2 Å². The third-order valence-electron chi connectivity index (χ3n) is 3.54. The fourth-order valence-corrected chi connectivity index (χ4v) is 3.72. The zero-order valence-corrected chi connectivity index (χ0v) is 14.1. The molecule has 0 amide bonds. The summed E-state index contributed by atoms with van der Waals surface area (Å²) >= 11 is 5.99. The summed E-state index contributed by atoms with van der Waals surface area (Å²) in [5.41, 5.74) is 0.434. The van der Waals surface area contributed by atoms with Gasteiger partial charge in [-0.25, -0.2) is 17.6 Å². The van der Waals surface area contributed by atoms with Crippen LogP contribution in [-0.4, -0.2) is 27.0 Å². The van der Waals surface area contributed by atoms with Gasteiger partial charge in [-0.05, 0) is 44.4 Å². The highest BCUT2D eigenvalue weighted by Crippen LogP contribution is 2.33. The molecule has 0 bridgehead atoms. The van der Waals surface area contributed by atoms with Crippen molar-refractivity contribution in [3.05, 3.63) is 40.7 Å². The number of benzene rings is 1. The largest absolute Gasteiger partial charge is 0.463 e. The summed E-state index contributed by atoms with van der Waals surface area (Å²) in [6.07, 6.45) is 3.55. The van der Waals surface area contributed by atoms with Crippen LogP contribution in [0, 0.1) is 5.82 Å². The monoisotopic (exact) mass is 361 g/mol. The van der Waals surface area contributed by atoms with Crippen LogP contribution >= 0.6 is 11.6 Å². The van der Waals surface area contributed by atoms with Crippen molar-refractivity contribution in [3.8, 4) is 0 Å². The van der Waals surface area contributed by atoms with E-state index in [2.05, 4.69) is 0 Å². The molecular weight excluding hydrogens is 345 g/mol. The Morgan fingerprint density at radius 1 is 1.48 bits per heavy atom. The van der Waals surface area contributed by atoms with Gasteiger partial charge in [-0.15, -0.1) is 0 Å². The predicted octanol–water partition coefficient (Wildman–Crippen LogP) is 2.85. The molecule has 0 fully saturated rings. The third kappa shape index (κ3) is 4.03. The first-order valence-corrected chi connectivity index (χ1v) is 8.72. The Hall–Kier alpha value is -1.60. The molecule has 0 N–H and O–H groups in total. The predicted molar refractivity (Wildman–Crippen MR) is 86.6 cm³/mol. The minimum atomic E-state index is -3.07. The molecule has 126 valence electrons. The van der Waals surface area contributed by atoms with E-state index in [9.17, 15) is 17.6 Å². The number of halogens is 2. The van der Waals surface area contributed by atoms with E-state index in [-0.39, 0.29) is 22.9 Å². The summed E-state index contributed by atoms with van der Waals surface area (Å²) in [6.45, 7) is 1.88. The quantitative estimate of drug-likeness (QED) is 0.647. The van der Waals surface area contributed by atoms with Gasteiger partial charge in [0, 0.05) is 0 Å². The van der Waals surface area contributed by atoms with Gasteiger partial charge in [0.05, 0.1) is 28.9 Å². The third-order valence-corrected chi connectivity index (χ3v) is 4.69. The minimum Gasteiger partial charge on any atom is -0.463 e. The van der Waals surface area contributed by atoms with Crippen molar-refractivity contribution < 1.29 is 22.3 Å². The Morgan fingerprint density at radius 3 is 2.83 bits per heavy atom. The molecule has 0 aliphatic heterocycles. The Morgan fingerprint density at radius 2 is 2.22 bits per heavy atom. The maximum atomic E-state index is 13.2. The Bertz CT molecular complexity index is 697. The van der Waals surface area contributed by atoms with E-state index in [0.29, 0.717) is 12.8 Å². The highest BCUT2D eigenvalue weighted by Gasteiger charge is 2.32. The fraction of sp³-hybridized carbons (Fsp3) is 0.400. The van der Waals surface area contributed by atoms with Gasteiger partial charge in [0.15, 0.2) is 0 Å². The van der Waals surface area contributed by atoms with Crippen molar-refractivity contribution in [1.82, 2.24) is 0 Å².